The van der Waals surface area contributed by atoms with Crippen molar-refractivity contribution in [1.29, 1.82) is 0 Å². The molecule has 1 saturated heterocycles. The minimum absolute atomic E-state index is 0.0826. The molecule has 1 N–H and O–H groups in total. The van der Waals surface area contributed by atoms with Crippen LogP contribution in [0.15, 0.2) is 36.9 Å². The SMILES string of the molecule is COC(c1ncc(Cl)cn1)C(C)S(=O)(=O)Nc1nnc([C@H]2COCCO2)n1C1(c2cccnc2)CC1. The first kappa shape index (κ1) is 25.0. The summed E-state index contributed by atoms with van der Waals surface area (Å²) in [4.78, 5) is 12.5. The standard InChI is InChI=1S/C22H26ClN7O5S/c1-14(18(33-2)19-25-11-16(23)12-26-19)36(31,32)29-21-28-27-20(17-13-34-8-9-35-17)30(21)22(5-6-22)15-4-3-7-24-10-15/h3-4,7,10-12,14,17-18H,5-6,8-9,13H2,1-2H3,(H,28,29)/t14?,17-,18?/m1/s1. The Balaban J connectivity index is 1.51. The van der Waals surface area contributed by atoms with Crippen molar-refractivity contribution in [2.24, 2.45) is 0 Å². The lowest BCUT2D eigenvalue weighted by molar-refractivity contribution is -0.0951. The number of methoxy groups -OCH3 is 1. The van der Waals surface area contributed by atoms with E-state index in [0.29, 0.717) is 30.7 Å². The van der Waals surface area contributed by atoms with Crippen LogP contribution in [0.5, 0.6) is 0 Å². The summed E-state index contributed by atoms with van der Waals surface area (Å²) in [5.41, 5.74) is 0.384. The second-order valence-corrected chi connectivity index (χ2v) is 11.2. The number of ether oxygens (including phenoxy) is 3. The van der Waals surface area contributed by atoms with E-state index in [1.807, 2.05) is 16.7 Å². The van der Waals surface area contributed by atoms with Crippen LogP contribution >= 0.6 is 11.6 Å². The minimum Gasteiger partial charge on any atom is -0.376 e. The van der Waals surface area contributed by atoms with Crippen LogP contribution in [0.4, 0.5) is 5.95 Å². The smallest absolute Gasteiger partial charge is 0.240 e. The number of aromatic nitrogens is 6. The average molecular weight is 536 g/mol. The lowest BCUT2D eigenvalue weighted by Gasteiger charge is -2.28. The highest BCUT2D eigenvalue weighted by molar-refractivity contribution is 7.93. The molecule has 3 aromatic rings. The molecule has 1 aliphatic carbocycles. The van der Waals surface area contributed by atoms with Gasteiger partial charge in [0.25, 0.3) is 0 Å². The molecule has 5 rings (SSSR count). The molecular weight excluding hydrogens is 510 g/mol. The van der Waals surface area contributed by atoms with E-state index in [1.165, 1.54) is 26.4 Å². The molecule has 192 valence electrons. The Labute approximate surface area is 213 Å². The number of nitrogens with zero attached hydrogens (tertiary/aromatic N) is 6. The van der Waals surface area contributed by atoms with Crippen LogP contribution in [0.1, 0.15) is 49.2 Å². The van der Waals surface area contributed by atoms with E-state index in [2.05, 4.69) is 29.9 Å². The number of nitrogens with one attached hydrogen (secondary N) is 1. The summed E-state index contributed by atoms with van der Waals surface area (Å²) in [6.45, 7) is 2.71. The topological polar surface area (TPSA) is 143 Å². The number of pyridine rings is 1. The van der Waals surface area contributed by atoms with Crippen molar-refractivity contribution in [2.75, 3.05) is 31.7 Å². The summed E-state index contributed by atoms with van der Waals surface area (Å²) >= 11 is 5.88. The van der Waals surface area contributed by atoms with Crippen LogP contribution in [0.25, 0.3) is 0 Å². The Hall–Kier alpha value is -2.71. The van der Waals surface area contributed by atoms with E-state index >= 15 is 0 Å². The Bertz CT molecular complexity index is 1300. The van der Waals surface area contributed by atoms with Gasteiger partial charge in [0.15, 0.2) is 11.6 Å². The average Bonchev–Trinajstić information content (AvgIpc) is 3.60. The Morgan fingerprint density at radius 2 is 2.00 bits per heavy atom. The second kappa shape index (κ2) is 9.98. The maximum atomic E-state index is 13.5. The van der Waals surface area contributed by atoms with Gasteiger partial charge in [0.05, 0.1) is 30.4 Å². The van der Waals surface area contributed by atoms with Crippen LogP contribution in [0.3, 0.4) is 0 Å². The van der Waals surface area contributed by atoms with Crippen molar-refractivity contribution in [3.63, 3.8) is 0 Å². The normalized spacial score (nSPS) is 21.0. The number of rotatable bonds is 9. The summed E-state index contributed by atoms with van der Waals surface area (Å²) in [5.74, 6) is 0.772. The van der Waals surface area contributed by atoms with Gasteiger partial charge in [0.1, 0.15) is 17.5 Å². The number of halogens is 1. The zero-order valence-corrected chi connectivity index (χ0v) is 21.3. The fourth-order valence-corrected chi connectivity index (χ4v) is 5.62. The first-order valence-corrected chi connectivity index (χ1v) is 13.4. The van der Waals surface area contributed by atoms with E-state index in [-0.39, 0.29) is 11.8 Å². The van der Waals surface area contributed by atoms with E-state index in [9.17, 15) is 8.42 Å². The Morgan fingerprint density at radius 3 is 2.61 bits per heavy atom. The third kappa shape index (κ3) is 4.68. The molecular formula is C22H26ClN7O5S. The Kier molecular flexibility index (Phi) is 6.92. The van der Waals surface area contributed by atoms with E-state index in [4.69, 9.17) is 25.8 Å². The van der Waals surface area contributed by atoms with Gasteiger partial charge < -0.3 is 14.2 Å². The van der Waals surface area contributed by atoms with E-state index < -0.39 is 33.0 Å². The van der Waals surface area contributed by atoms with Crippen LogP contribution in [-0.4, -0.2) is 70.3 Å². The summed E-state index contributed by atoms with van der Waals surface area (Å²) in [7, 11) is -2.64. The molecule has 3 aromatic heterocycles. The number of anilines is 1. The lowest BCUT2D eigenvalue weighted by Crippen LogP contribution is -2.35. The molecule has 12 nitrogen and oxygen atoms in total. The third-order valence-corrected chi connectivity index (χ3v) is 8.33. The molecule has 4 heterocycles. The van der Waals surface area contributed by atoms with Crippen molar-refractivity contribution in [3.8, 4) is 0 Å². The molecule has 0 aromatic carbocycles. The fraction of sp³-hybridized carbons (Fsp3) is 0.500. The zero-order chi connectivity index (χ0) is 25.3. The fourth-order valence-electron chi connectivity index (χ4n) is 4.39. The first-order chi connectivity index (χ1) is 17.4. The molecule has 1 aliphatic heterocycles. The molecule has 2 unspecified atom stereocenters. The summed E-state index contributed by atoms with van der Waals surface area (Å²) < 4.78 is 48.5. The van der Waals surface area contributed by atoms with E-state index in [0.717, 1.165) is 18.4 Å². The van der Waals surface area contributed by atoms with Gasteiger partial charge in [-0.15, -0.1) is 10.2 Å². The summed E-state index contributed by atoms with van der Waals surface area (Å²) in [6, 6.07) is 3.81. The largest absolute Gasteiger partial charge is 0.376 e. The molecule has 2 aliphatic rings. The van der Waals surface area contributed by atoms with Gasteiger partial charge in [-0.3, -0.25) is 14.3 Å². The van der Waals surface area contributed by atoms with Crippen LogP contribution in [-0.2, 0) is 29.8 Å². The highest BCUT2D eigenvalue weighted by Gasteiger charge is 2.51. The number of hydrogen-bond acceptors (Lipinski definition) is 10. The maximum absolute atomic E-state index is 13.5. The predicted molar refractivity (Wildman–Crippen MR) is 129 cm³/mol. The van der Waals surface area contributed by atoms with E-state index in [1.54, 1.807) is 12.4 Å². The van der Waals surface area contributed by atoms with Crippen LogP contribution in [0, 0.1) is 0 Å². The van der Waals surface area contributed by atoms with Gasteiger partial charge in [0, 0.05) is 31.9 Å². The molecule has 0 spiro atoms. The first-order valence-electron chi connectivity index (χ1n) is 11.4. The number of sulfonamides is 1. The van der Waals surface area contributed by atoms with Crippen LogP contribution < -0.4 is 4.72 Å². The molecule has 2 fully saturated rings. The monoisotopic (exact) mass is 535 g/mol. The van der Waals surface area contributed by atoms with Gasteiger partial charge in [-0.05, 0) is 31.4 Å². The lowest BCUT2D eigenvalue weighted by atomic mass is 10.1. The quantitative estimate of drug-likeness (QED) is 0.433. The molecule has 1 saturated carbocycles. The van der Waals surface area contributed by atoms with Gasteiger partial charge in [-0.25, -0.2) is 18.4 Å². The molecule has 0 bridgehead atoms. The molecule has 0 radical (unpaired) electrons. The highest BCUT2D eigenvalue weighted by atomic mass is 35.5. The molecule has 3 atom stereocenters. The van der Waals surface area contributed by atoms with Crippen molar-refractivity contribution < 1.29 is 22.6 Å². The van der Waals surface area contributed by atoms with Gasteiger partial charge in [-0.2, -0.15) is 0 Å². The third-order valence-electron chi connectivity index (χ3n) is 6.44. The molecule has 0 amide bonds. The maximum Gasteiger partial charge on any atom is 0.240 e. The molecule has 36 heavy (non-hydrogen) atoms. The van der Waals surface area contributed by atoms with Crippen LogP contribution in [0.2, 0.25) is 5.02 Å². The van der Waals surface area contributed by atoms with Gasteiger partial charge >= 0.3 is 0 Å². The van der Waals surface area contributed by atoms with Crippen molar-refractivity contribution in [2.45, 2.75) is 42.8 Å². The zero-order valence-electron chi connectivity index (χ0n) is 19.7. The van der Waals surface area contributed by atoms with Crippen molar-refractivity contribution in [1.82, 2.24) is 29.7 Å². The Morgan fingerprint density at radius 1 is 1.22 bits per heavy atom. The highest BCUT2D eigenvalue weighted by Crippen LogP contribution is 2.52. The van der Waals surface area contributed by atoms with Crippen molar-refractivity contribution in [3.05, 3.63) is 59.2 Å². The molecule has 14 heteroatoms. The minimum atomic E-state index is -4.04. The predicted octanol–water partition coefficient (Wildman–Crippen LogP) is 2.26. The van der Waals surface area contributed by atoms with Gasteiger partial charge in [0.2, 0.25) is 16.0 Å². The second-order valence-electron chi connectivity index (χ2n) is 8.69. The summed E-state index contributed by atoms with van der Waals surface area (Å²) in [5, 5.41) is 7.84. The summed E-state index contributed by atoms with van der Waals surface area (Å²) in [6.07, 6.45) is 6.35. The van der Waals surface area contributed by atoms with Crippen molar-refractivity contribution >= 4 is 27.6 Å². The van der Waals surface area contributed by atoms with Gasteiger partial charge in [-0.1, -0.05) is 17.7 Å². The number of hydrogen-bond donors (Lipinski definition) is 1.